The van der Waals surface area contributed by atoms with E-state index in [0.717, 1.165) is 0 Å². The zero-order valence-corrected chi connectivity index (χ0v) is 16.7. The van der Waals surface area contributed by atoms with Gasteiger partial charge in [0.25, 0.3) is 11.8 Å². The van der Waals surface area contributed by atoms with Crippen molar-refractivity contribution in [1.82, 2.24) is 9.80 Å². The van der Waals surface area contributed by atoms with Crippen LogP contribution in [0, 0.1) is 0 Å². The highest BCUT2D eigenvalue weighted by Gasteiger charge is 2.25. The molecule has 1 N–H and O–H groups in total. The molecule has 1 saturated heterocycles. The molecule has 152 valence electrons. The smallest absolute Gasteiger partial charge is 0.257 e. The molecule has 1 aliphatic heterocycles. The Morgan fingerprint density at radius 3 is 2.28 bits per heavy atom. The summed E-state index contributed by atoms with van der Waals surface area (Å²) in [6, 6.07) is 14.1. The predicted octanol–water partition coefficient (Wildman–Crippen LogP) is 2.64. The average molecular weight is 395 g/mol. The van der Waals surface area contributed by atoms with Crippen molar-refractivity contribution in [2.75, 3.05) is 38.6 Å². The highest BCUT2D eigenvalue weighted by molar-refractivity contribution is 5.98. The predicted molar refractivity (Wildman–Crippen MR) is 110 cm³/mol. The van der Waals surface area contributed by atoms with Crippen LogP contribution in [0.4, 0.5) is 5.69 Å². The van der Waals surface area contributed by atoms with Gasteiger partial charge >= 0.3 is 0 Å². The van der Waals surface area contributed by atoms with Crippen LogP contribution in [-0.4, -0.2) is 60.8 Å². The Balaban J connectivity index is 1.69. The molecule has 2 aromatic carbocycles. The Kier molecular flexibility index (Phi) is 6.49. The lowest BCUT2D eigenvalue weighted by Crippen LogP contribution is -2.37. The summed E-state index contributed by atoms with van der Waals surface area (Å²) in [7, 11) is 1.55. The maximum Gasteiger partial charge on any atom is 0.257 e. The summed E-state index contributed by atoms with van der Waals surface area (Å²) in [6.45, 7) is 3.47. The van der Waals surface area contributed by atoms with Gasteiger partial charge in [-0.05, 0) is 36.8 Å². The van der Waals surface area contributed by atoms with Gasteiger partial charge in [-0.25, -0.2) is 0 Å². The van der Waals surface area contributed by atoms with Crippen molar-refractivity contribution in [1.29, 1.82) is 0 Å². The second-order valence-corrected chi connectivity index (χ2v) is 6.90. The minimum Gasteiger partial charge on any atom is -0.496 e. The van der Waals surface area contributed by atoms with Crippen molar-refractivity contribution in [2.24, 2.45) is 0 Å². The van der Waals surface area contributed by atoms with Gasteiger partial charge in [0, 0.05) is 44.4 Å². The number of carbonyl (C=O) groups is 3. The summed E-state index contributed by atoms with van der Waals surface area (Å²) in [5, 5.41) is 2.69. The molecule has 3 amide bonds. The van der Waals surface area contributed by atoms with E-state index in [-0.39, 0.29) is 17.7 Å². The first-order valence-corrected chi connectivity index (χ1v) is 9.59. The summed E-state index contributed by atoms with van der Waals surface area (Å²) in [5.74, 6) is 0.160. The molecule has 3 rings (SSSR count). The Morgan fingerprint density at radius 2 is 1.59 bits per heavy atom. The third-order valence-electron chi connectivity index (χ3n) is 4.84. The molecule has 2 aromatic rings. The first-order valence-electron chi connectivity index (χ1n) is 9.59. The number of rotatable bonds is 4. The van der Waals surface area contributed by atoms with Gasteiger partial charge in [-0.15, -0.1) is 0 Å². The lowest BCUT2D eigenvalue weighted by molar-refractivity contribution is -0.114. The van der Waals surface area contributed by atoms with E-state index in [9.17, 15) is 14.4 Å². The highest BCUT2D eigenvalue weighted by atomic mass is 16.5. The third kappa shape index (κ3) is 4.93. The molecule has 0 radical (unpaired) electrons. The number of benzene rings is 2. The molecule has 0 aromatic heterocycles. The molecular weight excluding hydrogens is 370 g/mol. The van der Waals surface area contributed by atoms with Gasteiger partial charge in [0.15, 0.2) is 0 Å². The zero-order chi connectivity index (χ0) is 20.8. The number of amides is 3. The molecule has 0 saturated carbocycles. The first-order chi connectivity index (χ1) is 14.0. The summed E-state index contributed by atoms with van der Waals surface area (Å²) in [6.07, 6.45) is 0.692. The minimum absolute atomic E-state index is 0.0931. The van der Waals surface area contributed by atoms with Crippen LogP contribution in [0.2, 0.25) is 0 Å². The SMILES string of the molecule is COc1ccccc1C(=O)N1CCCN(C(=O)c2cccc(NC(C)=O)c2)CC1. The molecule has 29 heavy (non-hydrogen) atoms. The molecule has 0 spiro atoms. The first kappa shape index (κ1) is 20.4. The van der Waals surface area contributed by atoms with Crippen molar-refractivity contribution >= 4 is 23.4 Å². The van der Waals surface area contributed by atoms with E-state index in [1.54, 1.807) is 53.3 Å². The Morgan fingerprint density at radius 1 is 0.897 bits per heavy atom. The fourth-order valence-electron chi connectivity index (χ4n) is 3.43. The monoisotopic (exact) mass is 395 g/mol. The van der Waals surface area contributed by atoms with Crippen molar-refractivity contribution in [3.05, 3.63) is 59.7 Å². The average Bonchev–Trinajstić information content (AvgIpc) is 2.98. The number of anilines is 1. The number of nitrogens with zero attached hydrogens (tertiary/aromatic N) is 2. The van der Waals surface area contributed by atoms with E-state index in [4.69, 9.17) is 4.74 Å². The molecule has 7 nitrogen and oxygen atoms in total. The number of hydrogen-bond acceptors (Lipinski definition) is 4. The van der Waals surface area contributed by atoms with Crippen molar-refractivity contribution < 1.29 is 19.1 Å². The third-order valence-corrected chi connectivity index (χ3v) is 4.84. The standard InChI is InChI=1S/C22H25N3O4/c1-16(26)23-18-8-5-7-17(15-18)21(27)24-11-6-12-25(14-13-24)22(28)19-9-3-4-10-20(19)29-2/h3-5,7-10,15H,6,11-14H2,1-2H3,(H,23,26). The van der Waals surface area contributed by atoms with Crippen LogP contribution in [0.3, 0.4) is 0 Å². The van der Waals surface area contributed by atoms with E-state index >= 15 is 0 Å². The van der Waals surface area contributed by atoms with Crippen LogP contribution < -0.4 is 10.1 Å². The van der Waals surface area contributed by atoms with Crippen LogP contribution in [0.5, 0.6) is 5.75 Å². The van der Waals surface area contributed by atoms with E-state index in [2.05, 4.69) is 5.32 Å². The van der Waals surface area contributed by atoms with Crippen LogP contribution >= 0.6 is 0 Å². The van der Waals surface area contributed by atoms with Gasteiger partial charge in [-0.1, -0.05) is 18.2 Å². The minimum atomic E-state index is -0.185. The van der Waals surface area contributed by atoms with Crippen LogP contribution in [0.25, 0.3) is 0 Å². The van der Waals surface area contributed by atoms with Gasteiger partial charge in [-0.3, -0.25) is 14.4 Å². The van der Waals surface area contributed by atoms with Gasteiger partial charge in [-0.2, -0.15) is 0 Å². The maximum atomic E-state index is 12.9. The van der Waals surface area contributed by atoms with Gasteiger partial charge in [0.1, 0.15) is 5.75 Å². The van der Waals surface area contributed by atoms with Gasteiger partial charge in [0.05, 0.1) is 12.7 Å². The lowest BCUT2D eigenvalue weighted by Gasteiger charge is -2.23. The lowest BCUT2D eigenvalue weighted by atomic mass is 10.1. The maximum absolute atomic E-state index is 12.9. The molecule has 0 aliphatic carbocycles. The zero-order valence-electron chi connectivity index (χ0n) is 16.7. The fraction of sp³-hybridized carbons (Fsp3) is 0.318. The summed E-state index contributed by atoms with van der Waals surface area (Å²) in [4.78, 5) is 40.6. The Bertz CT molecular complexity index is 912. The number of ether oxygens (including phenoxy) is 1. The van der Waals surface area contributed by atoms with Crippen molar-refractivity contribution in [3.63, 3.8) is 0 Å². The van der Waals surface area contributed by atoms with Crippen LogP contribution in [-0.2, 0) is 4.79 Å². The normalized spacial score (nSPS) is 14.1. The van der Waals surface area contributed by atoms with Crippen molar-refractivity contribution in [2.45, 2.75) is 13.3 Å². The van der Waals surface area contributed by atoms with Crippen LogP contribution in [0.15, 0.2) is 48.5 Å². The second-order valence-electron chi connectivity index (χ2n) is 6.90. The Hall–Kier alpha value is -3.35. The largest absolute Gasteiger partial charge is 0.496 e. The topological polar surface area (TPSA) is 79.0 Å². The summed E-state index contributed by atoms with van der Waals surface area (Å²) < 4.78 is 5.30. The molecule has 1 heterocycles. The highest BCUT2D eigenvalue weighted by Crippen LogP contribution is 2.21. The van der Waals surface area contributed by atoms with Gasteiger partial charge < -0.3 is 19.9 Å². The van der Waals surface area contributed by atoms with Crippen molar-refractivity contribution in [3.8, 4) is 5.75 Å². The van der Waals surface area contributed by atoms with E-state index in [0.29, 0.717) is 55.2 Å². The van der Waals surface area contributed by atoms with Gasteiger partial charge in [0.2, 0.25) is 5.91 Å². The molecular formula is C22H25N3O4. The number of nitrogens with one attached hydrogen (secondary N) is 1. The number of methoxy groups -OCH3 is 1. The molecule has 0 atom stereocenters. The molecule has 0 unspecified atom stereocenters. The van der Waals surface area contributed by atoms with Crippen LogP contribution in [0.1, 0.15) is 34.1 Å². The quantitative estimate of drug-likeness (QED) is 0.863. The molecule has 1 fully saturated rings. The second kappa shape index (κ2) is 9.23. The number of carbonyl (C=O) groups excluding carboxylic acids is 3. The molecule has 7 heteroatoms. The summed E-state index contributed by atoms with van der Waals surface area (Å²) >= 11 is 0. The summed E-state index contributed by atoms with van der Waals surface area (Å²) in [5.41, 5.74) is 1.63. The Labute approximate surface area is 170 Å². The van der Waals surface area contributed by atoms with E-state index in [1.807, 2.05) is 12.1 Å². The number of hydrogen-bond donors (Lipinski definition) is 1. The number of para-hydroxylation sites is 1. The van der Waals surface area contributed by atoms with E-state index in [1.165, 1.54) is 6.92 Å². The fourth-order valence-corrected chi connectivity index (χ4v) is 3.43. The molecule has 1 aliphatic rings. The molecule has 0 bridgehead atoms. The van der Waals surface area contributed by atoms with E-state index < -0.39 is 0 Å².